The monoisotopic (exact) mass is 294 g/mol. The lowest BCUT2D eigenvalue weighted by Crippen LogP contribution is -2.46. The fourth-order valence-electron chi connectivity index (χ4n) is 1.62. The Hall–Kier alpha value is -1.31. The minimum Gasteiger partial charge on any atom is -0.481 e. The minimum absolute atomic E-state index is 0.0676. The summed E-state index contributed by atoms with van der Waals surface area (Å²) in [5, 5.41) is 13.6. The number of carbonyl (C=O) groups excluding carboxylic acids is 1. The van der Waals surface area contributed by atoms with E-state index < -0.39 is 27.9 Å². The van der Waals surface area contributed by atoms with Crippen LogP contribution in [0.4, 0.5) is 4.79 Å². The summed E-state index contributed by atoms with van der Waals surface area (Å²) in [5.41, 5.74) is 0. The Morgan fingerprint density at radius 3 is 2.16 bits per heavy atom. The second-order valence-corrected chi connectivity index (χ2v) is 6.98. The van der Waals surface area contributed by atoms with E-state index in [9.17, 15) is 18.0 Å². The quantitative estimate of drug-likeness (QED) is 0.598. The van der Waals surface area contributed by atoms with Crippen molar-refractivity contribution >= 4 is 21.8 Å². The van der Waals surface area contributed by atoms with Crippen molar-refractivity contribution < 1.29 is 23.1 Å². The van der Waals surface area contributed by atoms with Gasteiger partial charge in [0.05, 0.1) is 5.75 Å². The van der Waals surface area contributed by atoms with Gasteiger partial charge in [0.1, 0.15) is 9.84 Å². The van der Waals surface area contributed by atoms with Crippen molar-refractivity contribution in [2.24, 2.45) is 0 Å². The summed E-state index contributed by atoms with van der Waals surface area (Å²) in [6.45, 7) is 3.37. The average Bonchev–Trinajstić information content (AvgIpc) is 2.12. The molecule has 0 heterocycles. The van der Waals surface area contributed by atoms with E-state index >= 15 is 0 Å². The lowest BCUT2D eigenvalue weighted by molar-refractivity contribution is -0.137. The molecule has 0 aliphatic rings. The highest BCUT2D eigenvalue weighted by Crippen LogP contribution is 2.00. The highest BCUT2D eigenvalue weighted by atomic mass is 32.2. The molecule has 0 aromatic heterocycles. The SMILES string of the molecule is CC(CCCC(=O)O)NC(=O)NC(C)CS(C)(=O)=O. The normalized spacial score (nSPS) is 14.5. The molecule has 0 aromatic rings. The zero-order valence-electron chi connectivity index (χ0n) is 11.5. The van der Waals surface area contributed by atoms with Crippen LogP contribution in [-0.4, -0.2) is 49.6 Å². The molecule has 0 aromatic carbocycles. The molecule has 0 radical (unpaired) electrons. The van der Waals surface area contributed by atoms with Gasteiger partial charge in [-0.1, -0.05) is 0 Å². The molecule has 0 rings (SSSR count). The van der Waals surface area contributed by atoms with Crippen molar-refractivity contribution in [1.29, 1.82) is 0 Å². The van der Waals surface area contributed by atoms with Crippen molar-refractivity contribution in [3.63, 3.8) is 0 Å². The molecule has 0 aliphatic heterocycles. The van der Waals surface area contributed by atoms with Crippen LogP contribution in [0.15, 0.2) is 0 Å². The van der Waals surface area contributed by atoms with Gasteiger partial charge in [0.25, 0.3) is 0 Å². The minimum atomic E-state index is -3.13. The molecule has 2 atom stereocenters. The third-order valence-corrected chi connectivity index (χ3v) is 3.44. The number of sulfone groups is 1. The summed E-state index contributed by atoms with van der Waals surface area (Å²) in [4.78, 5) is 21.8. The van der Waals surface area contributed by atoms with Crippen LogP contribution < -0.4 is 10.6 Å². The second kappa shape index (κ2) is 7.98. The number of urea groups is 1. The standard InChI is InChI=1S/C11H22N2O5S/c1-8(5-4-6-10(14)15)12-11(16)13-9(2)7-19(3,17)18/h8-9H,4-7H2,1-3H3,(H,14,15)(H2,12,13,16). The van der Waals surface area contributed by atoms with Crippen LogP contribution in [0.2, 0.25) is 0 Å². The first-order chi connectivity index (χ1) is 8.60. The summed E-state index contributed by atoms with van der Waals surface area (Å²) >= 11 is 0. The van der Waals surface area contributed by atoms with Gasteiger partial charge in [-0.05, 0) is 26.7 Å². The number of aliphatic carboxylic acids is 1. The first kappa shape index (κ1) is 17.7. The van der Waals surface area contributed by atoms with Gasteiger partial charge in [-0.3, -0.25) is 4.79 Å². The Balaban J connectivity index is 3.93. The molecule has 19 heavy (non-hydrogen) atoms. The van der Waals surface area contributed by atoms with Crippen LogP contribution >= 0.6 is 0 Å². The first-order valence-electron chi connectivity index (χ1n) is 6.06. The number of amides is 2. The summed E-state index contributed by atoms with van der Waals surface area (Å²) in [6, 6.07) is -1.08. The Morgan fingerprint density at radius 1 is 1.16 bits per heavy atom. The van der Waals surface area contributed by atoms with Gasteiger partial charge in [0.2, 0.25) is 0 Å². The second-order valence-electron chi connectivity index (χ2n) is 4.80. The fourth-order valence-corrected chi connectivity index (χ4v) is 2.61. The molecule has 0 fully saturated rings. The molecule has 2 unspecified atom stereocenters. The molecular formula is C11H22N2O5S. The van der Waals surface area contributed by atoms with Crippen LogP contribution in [0.25, 0.3) is 0 Å². The smallest absolute Gasteiger partial charge is 0.315 e. The summed E-state index contributed by atoms with van der Waals surface area (Å²) < 4.78 is 22.0. The van der Waals surface area contributed by atoms with Crippen molar-refractivity contribution in [1.82, 2.24) is 10.6 Å². The van der Waals surface area contributed by atoms with E-state index in [0.717, 1.165) is 6.26 Å². The number of nitrogens with one attached hydrogen (secondary N) is 2. The number of carbonyl (C=O) groups is 2. The van der Waals surface area contributed by atoms with Crippen LogP contribution in [-0.2, 0) is 14.6 Å². The topological polar surface area (TPSA) is 113 Å². The van der Waals surface area contributed by atoms with E-state index in [1.54, 1.807) is 13.8 Å². The molecule has 0 bridgehead atoms. The lowest BCUT2D eigenvalue weighted by atomic mass is 10.1. The molecule has 0 aliphatic carbocycles. The first-order valence-corrected chi connectivity index (χ1v) is 8.12. The van der Waals surface area contributed by atoms with Gasteiger partial charge in [-0.2, -0.15) is 0 Å². The van der Waals surface area contributed by atoms with E-state index in [1.807, 2.05) is 0 Å². The molecule has 7 nitrogen and oxygen atoms in total. The van der Waals surface area contributed by atoms with E-state index in [4.69, 9.17) is 5.11 Å². The van der Waals surface area contributed by atoms with Gasteiger partial charge < -0.3 is 15.7 Å². The molecule has 0 spiro atoms. The predicted octanol–water partition coefficient (Wildman–Crippen LogP) is 0.362. The van der Waals surface area contributed by atoms with Crippen LogP contribution in [0.3, 0.4) is 0 Å². The Labute approximate surface area is 113 Å². The van der Waals surface area contributed by atoms with E-state index in [0.29, 0.717) is 12.8 Å². The molecular weight excluding hydrogens is 272 g/mol. The number of carboxylic acids is 1. The third kappa shape index (κ3) is 11.5. The number of carboxylic acid groups (broad SMARTS) is 1. The predicted molar refractivity (Wildman–Crippen MR) is 71.8 cm³/mol. The van der Waals surface area contributed by atoms with E-state index in [-0.39, 0.29) is 18.2 Å². The van der Waals surface area contributed by atoms with Crippen LogP contribution in [0.5, 0.6) is 0 Å². The number of rotatable bonds is 8. The fraction of sp³-hybridized carbons (Fsp3) is 0.818. The molecule has 0 saturated carbocycles. The third-order valence-electron chi connectivity index (χ3n) is 2.34. The summed E-state index contributed by atoms with van der Waals surface area (Å²) in [6.07, 6.45) is 2.21. The number of hydrogen-bond acceptors (Lipinski definition) is 4. The molecule has 2 amide bonds. The summed E-state index contributed by atoms with van der Waals surface area (Å²) in [5.74, 6) is -0.980. The largest absolute Gasteiger partial charge is 0.481 e. The van der Waals surface area contributed by atoms with Crippen molar-refractivity contribution in [3.8, 4) is 0 Å². The maximum Gasteiger partial charge on any atom is 0.315 e. The highest BCUT2D eigenvalue weighted by molar-refractivity contribution is 7.90. The van der Waals surface area contributed by atoms with E-state index in [2.05, 4.69) is 10.6 Å². The summed E-state index contributed by atoms with van der Waals surface area (Å²) in [7, 11) is -3.13. The molecule has 3 N–H and O–H groups in total. The van der Waals surface area contributed by atoms with Gasteiger partial charge in [-0.15, -0.1) is 0 Å². The van der Waals surface area contributed by atoms with Crippen molar-refractivity contribution in [2.75, 3.05) is 12.0 Å². The Morgan fingerprint density at radius 2 is 1.68 bits per heavy atom. The number of hydrogen-bond donors (Lipinski definition) is 3. The van der Waals surface area contributed by atoms with Crippen molar-refractivity contribution in [2.45, 2.75) is 45.2 Å². The van der Waals surface area contributed by atoms with Crippen LogP contribution in [0, 0.1) is 0 Å². The molecule has 8 heteroatoms. The lowest BCUT2D eigenvalue weighted by Gasteiger charge is -2.17. The van der Waals surface area contributed by atoms with Gasteiger partial charge in [0, 0.05) is 24.8 Å². The maximum atomic E-state index is 11.5. The van der Waals surface area contributed by atoms with Gasteiger partial charge in [-0.25, -0.2) is 13.2 Å². The van der Waals surface area contributed by atoms with Crippen LogP contribution in [0.1, 0.15) is 33.1 Å². The van der Waals surface area contributed by atoms with Gasteiger partial charge in [0.15, 0.2) is 0 Å². The Kier molecular flexibility index (Phi) is 7.43. The molecule has 0 saturated heterocycles. The maximum absolute atomic E-state index is 11.5. The zero-order chi connectivity index (χ0) is 15.1. The van der Waals surface area contributed by atoms with E-state index in [1.165, 1.54) is 0 Å². The highest BCUT2D eigenvalue weighted by Gasteiger charge is 2.14. The van der Waals surface area contributed by atoms with Crippen molar-refractivity contribution in [3.05, 3.63) is 0 Å². The Bertz CT molecular complexity index is 407. The average molecular weight is 294 g/mol. The zero-order valence-corrected chi connectivity index (χ0v) is 12.3. The molecule has 112 valence electrons. The van der Waals surface area contributed by atoms with Gasteiger partial charge >= 0.3 is 12.0 Å².